The number of amides is 1. The fourth-order valence-electron chi connectivity index (χ4n) is 3.44. The summed E-state index contributed by atoms with van der Waals surface area (Å²) < 4.78 is 61.7. The van der Waals surface area contributed by atoms with Gasteiger partial charge in [-0.15, -0.1) is 0 Å². The third-order valence-corrected chi connectivity index (χ3v) is 6.23. The first-order chi connectivity index (χ1) is 18.7. The van der Waals surface area contributed by atoms with Gasteiger partial charge in [0.15, 0.2) is 17.3 Å². The predicted molar refractivity (Wildman–Crippen MR) is 142 cm³/mol. The van der Waals surface area contributed by atoms with Crippen LogP contribution in [0.2, 0.25) is 0 Å². The molecule has 0 saturated carbocycles. The standard InChI is InChI=1S/C26H25F3N4O5S/c1-3-36-21-15-17(14-19-22(30)33-25(31-23(19)34)39-24(32-33)26(27,28)29)6-9-20(21)38-13-11-35-10-12-37-18-7-4-16(2)5-8-18/h4-9,14-15,30H,3,10-13H2,1-2H3/b19-14-,30-22?. The van der Waals surface area contributed by atoms with E-state index in [1.807, 2.05) is 31.2 Å². The van der Waals surface area contributed by atoms with Crippen LogP contribution in [-0.2, 0) is 9.53 Å². The fourth-order valence-corrected chi connectivity index (χ4v) is 4.20. The molecule has 0 aliphatic carbocycles. The summed E-state index contributed by atoms with van der Waals surface area (Å²) in [6, 6.07) is 12.6. The van der Waals surface area contributed by atoms with E-state index in [0.717, 1.165) is 11.3 Å². The summed E-state index contributed by atoms with van der Waals surface area (Å²) in [5.41, 5.74) is 1.42. The molecule has 0 bridgehead atoms. The van der Waals surface area contributed by atoms with E-state index in [1.165, 1.54) is 6.08 Å². The van der Waals surface area contributed by atoms with Crippen molar-refractivity contribution in [1.82, 2.24) is 5.01 Å². The van der Waals surface area contributed by atoms with E-state index in [9.17, 15) is 18.0 Å². The average molecular weight is 563 g/mol. The number of hydrogen-bond acceptors (Lipinski definition) is 8. The molecule has 1 amide bonds. The Morgan fingerprint density at radius 3 is 2.41 bits per heavy atom. The Labute approximate surface area is 226 Å². The Bertz CT molecular complexity index is 1330. The second-order valence-electron chi connectivity index (χ2n) is 8.18. The number of carbonyl (C=O) groups is 1. The molecule has 0 spiro atoms. The maximum absolute atomic E-state index is 13.0. The zero-order valence-corrected chi connectivity index (χ0v) is 21.9. The van der Waals surface area contributed by atoms with Crippen LogP contribution in [0, 0.1) is 12.3 Å². The summed E-state index contributed by atoms with van der Waals surface area (Å²) in [6.45, 7) is 5.48. The van der Waals surface area contributed by atoms with Crippen LogP contribution < -0.4 is 14.2 Å². The lowest BCUT2D eigenvalue weighted by Crippen LogP contribution is -2.35. The van der Waals surface area contributed by atoms with Crippen molar-refractivity contribution in [2.75, 3.05) is 33.0 Å². The smallest absolute Gasteiger partial charge is 0.441 e. The molecule has 0 atom stereocenters. The summed E-state index contributed by atoms with van der Waals surface area (Å²) >= 11 is 0.200. The number of ether oxygens (including phenoxy) is 4. The first kappa shape index (κ1) is 28.2. The molecule has 2 aromatic carbocycles. The average Bonchev–Trinajstić information content (AvgIpc) is 3.33. The molecule has 39 heavy (non-hydrogen) atoms. The van der Waals surface area contributed by atoms with E-state index >= 15 is 0 Å². The van der Waals surface area contributed by atoms with Gasteiger partial charge in [0, 0.05) is 0 Å². The maximum atomic E-state index is 13.0. The minimum Gasteiger partial charge on any atom is -0.491 e. The maximum Gasteiger partial charge on any atom is 0.441 e. The predicted octanol–water partition coefficient (Wildman–Crippen LogP) is 5.05. The van der Waals surface area contributed by atoms with Gasteiger partial charge in [-0.3, -0.25) is 10.2 Å². The molecule has 0 aromatic heterocycles. The van der Waals surface area contributed by atoms with Gasteiger partial charge in [0.05, 0.1) is 25.4 Å². The number of alkyl halides is 3. The summed E-state index contributed by atoms with van der Waals surface area (Å²) in [6.07, 6.45) is -3.36. The molecular weight excluding hydrogens is 537 g/mol. The number of hydrogen-bond donors (Lipinski definition) is 1. The first-order valence-corrected chi connectivity index (χ1v) is 12.7. The number of aliphatic imine (C=N–C) groups is 1. The molecule has 0 fully saturated rings. The molecule has 0 saturated heterocycles. The quantitative estimate of drug-likeness (QED) is 0.302. The number of nitrogens with zero attached hydrogens (tertiary/aromatic N) is 3. The molecule has 4 rings (SSSR count). The fraction of sp³-hybridized carbons (Fsp3) is 0.308. The lowest BCUT2D eigenvalue weighted by atomic mass is 10.1. The lowest BCUT2D eigenvalue weighted by Gasteiger charge is -2.20. The molecule has 1 N–H and O–H groups in total. The molecule has 2 aromatic rings. The number of carbonyl (C=O) groups excluding carboxylic acids is 1. The number of hydrazone groups is 1. The van der Waals surface area contributed by atoms with Gasteiger partial charge in [0.2, 0.25) is 10.2 Å². The van der Waals surface area contributed by atoms with E-state index in [2.05, 4.69) is 10.1 Å². The Morgan fingerprint density at radius 2 is 1.72 bits per heavy atom. The SMILES string of the molecule is CCOc1cc(/C=C2/C(=N)N3N=C(C(F)(F)F)SC3=NC2=O)ccc1OCCOCCOc1ccc(C)cc1. The molecule has 206 valence electrons. The molecule has 0 unspecified atom stereocenters. The van der Waals surface area contributed by atoms with Gasteiger partial charge in [-0.05, 0) is 61.5 Å². The minimum atomic E-state index is -4.71. The van der Waals surface area contributed by atoms with Crippen LogP contribution in [0.5, 0.6) is 17.2 Å². The second-order valence-corrected chi connectivity index (χ2v) is 9.14. The van der Waals surface area contributed by atoms with Crippen molar-refractivity contribution in [2.24, 2.45) is 10.1 Å². The van der Waals surface area contributed by atoms with Crippen molar-refractivity contribution in [1.29, 1.82) is 5.41 Å². The van der Waals surface area contributed by atoms with Crippen LogP contribution in [-0.4, -0.2) is 66.2 Å². The molecule has 9 nitrogen and oxygen atoms in total. The minimum absolute atomic E-state index is 0.200. The number of amidine groups is 2. The number of thioether (sulfide) groups is 1. The number of benzene rings is 2. The Balaban J connectivity index is 1.34. The van der Waals surface area contributed by atoms with Crippen LogP contribution in [0.1, 0.15) is 18.1 Å². The molecule has 0 radical (unpaired) electrons. The molecule has 2 aliphatic rings. The highest BCUT2D eigenvalue weighted by Gasteiger charge is 2.46. The highest BCUT2D eigenvalue weighted by atomic mass is 32.2. The van der Waals surface area contributed by atoms with Crippen molar-refractivity contribution in [2.45, 2.75) is 20.0 Å². The van der Waals surface area contributed by atoms with Crippen LogP contribution >= 0.6 is 11.8 Å². The molecule has 13 heteroatoms. The molecule has 2 heterocycles. The van der Waals surface area contributed by atoms with Gasteiger partial charge in [-0.1, -0.05) is 23.8 Å². The van der Waals surface area contributed by atoms with Gasteiger partial charge in [0.25, 0.3) is 5.91 Å². The van der Waals surface area contributed by atoms with Crippen molar-refractivity contribution in [3.63, 3.8) is 0 Å². The summed E-state index contributed by atoms with van der Waals surface area (Å²) in [5.74, 6) is 0.270. The first-order valence-electron chi connectivity index (χ1n) is 11.9. The third-order valence-electron chi connectivity index (χ3n) is 5.28. The van der Waals surface area contributed by atoms with Crippen LogP contribution in [0.15, 0.2) is 58.1 Å². The molecule has 2 aliphatic heterocycles. The van der Waals surface area contributed by atoms with Gasteiger partial charge >= 0.3 is 6.18 Å². The zero-order valence-electron chi connectivity index (χ0n) is 21.1. The number of halogens is 3. The largest absolute Gasteiger partial charge is 0.491 e. The van der Waals surface area contributed by atoms with Crippen molar-refractivity contribution < 1.29 is 36.9 Å². The number of aryl methyl sites for hydroxylation is 1. The normalized spacial score (nSPS) is 16.2. The Kier molecular flexibility index (Phi) is 8.92. The van der Waals surface area contributed by atoms with E-state index in [4.69, 9.17) is 24.4 Å². The van der Waals surface area contributed by atoms with Crippen molar-refractivity contribution >= 4 is 39.8 Å². The number of fused-ring (bicyclic) bond motifs is 1. The number of nitrogens with one attached hydrogen (secondary N) is 1. The zero-order chi connectivity index (χ0) is 28.0. The lowest BCUT2D eigenvalue weighted by molar-refractivity contribution is -0.114. The van der Waals surface area contributed by atoms with Gasteiger partial charge in [0.1, 0.15) is 19.0 Å². The molecular formula is C26H25F3N4O5S. The van der Waals surface area contributed by atoms with E-state index in [1.54, 1.807) is 25.1 Å². The van der Waals surface area contributed by atoms with Crippen molar-refractivity contribution in [3.8, 4) is 17.2 Å². The third kappa shape index (κ3) is 7.18. The van der Waals surface area contributed by atoms with Gasteiger partial charge < -0.3 is 18.9 Å². The van der Waals surface area contributed by atoms with E-state index in [0.29, 0.717) is 48.5 Å². The van der Waals surface area contributed by atoms with E-state index < -0.39 is 23.0 Å². The van der Waals surface area contributed by atoms with Crippen molar-refractivity contribution in [3.05, 3.63) is 59.2 Å². The monoisotopic (exact) mass is 562 g/mol. The highest BCUT2D eigenvalue weighted by Crippen LogP contribution is 2.36. The van der Waals surface area contributed by atoms with Crippen LogP contribution in [0.4, 0.5) is 13.2 Å². The topological polar surface area (TPSA) is 106 Å². The highest BCUT2D eigenvalue weighted by molar-refractivity contribution is 8.27. The Morgan fingerprint density at radius 1 is 1.00 bits per heavy atom. The van der Waals surface area contributed by atoms with Gasteiger partial charge in [-0.25, -0.2) is 0 Å². The summed E-state index contributed by atoms with van der Waals surface area (Å²) in [5, 5.41) is 10.8. The number of rotatable bonds is 11. The van der Waals surface area contributed by atoms with E-state index in [-0.39, 0.29) is 29.1 Å². The van der Waals surface area contributed by atoms with Crippen LogP contribution in [0.3, 0.4) is 0 Å². The van der Waals surface area contributed by atoms with Gasteiger partial charge in [-0.2, -0.15) is 28.3 Å². The Hall–Kier alpha value is -3.84. The second kappa shape index (κ2) is 12.3. The summed E-state index contributed by atoms with van der Waals surface area (Å²) in [4.78, 5) is 16.1. The van der Waals surface area contributed by atoms with Crippen LogP contribution in [0.25, 0.3) is 6.08 Å². The summed E-state index contributed by atoms with van der Waals surface area (Å²) in [7, 11) is 0.